The minimum absolute atomic E-state index is 0.00178. The van der Waals surface area contributed by atoms with Gasteiger partial charge in [-0.05, 0) is 52.8 Å². The number of carbonyl (C=O) groups is 1. The number of rotatable bonds is 3. The Labute approximate surface area is 123 Å². The molecule has 108 valence electrons. The largest absolute Gasteiger partial charge is 0.374 e. The molecule has 2 N–H and O–H groups in total. The average Bonchev–Trinajstić information content (AvgIpc) is 2.66. The highest BCUT2D eigenvalue weighted by Gasteiger charge is 2.19. The van der Waals surface area contributed by atoms with Crippen molar-refractivity contribution in [3.05, 3.63) is 23.2 Å². The lowest BCUT2D eigenvalue weighted by Crippen LogP contribution is -2.47. The molecule has 0 spiro atoms. The molecule has 20 heavy (non-hydrogen) atoms. The molecule has 0 radical (unpaired) electrons. The Morgan fingerprint density at radius 2 is 2.05 bits per heavy atom. The van der Waals surface area contributed by atoms with Crippen LogP contribution >= 0.6 is 11.3 Å². The van der Waals surface area contributed by atoms with Gasteiger partial charge in [0.25, 0.3) is 0 Å². The quantitative estimate of drug-likeness (QED) is 0.912. The van der Waals surface area contributed by atoms with Gasteiger partial charge < -0.3 is 10.6 Å². The van der Waals surface area contributed by atoms with Crippen LogP contribution in [0.25, 0.3) is 10.2 Å². The summed E-state index contributed by atoms with van der Waals surface area (Å²) in [5, 5.41) is 7.25. The monoisotopic (exact) mass is 291 g/mol. The van der Waals surface area contributed by atoms with Crippen molar-refractivity contribution in [1.29, 1.82) is 0 Å². The third-order valence-corrected chi connectivity index (χ3v) is 3.70. The maximum absolute atomic E-state index is 12.0. The molecule has 5 heteroatoms. The second kappa shape index (κ2) is 5.40. The molecule has 1 atom stereocenters. The molecular formula is C15H21N3OS. The molecule has 0 aliphatic heterocycles. The van der Waals surface area contributed by atoms with Crippen molar-refractivity contribution in [1.82, 2.24) is 10.3 Å². The zero-order chi connectivity index (χ0) is 14.9. The van der Waals surface area contributed by atoms with E-state index in [2.05, 4.69) is 15.6 Å². The Hall–Kier alpha value is -1.62. The first kappa shape index (κ1) is 14.8. The first-order chi connectivity index (χ1) is 9.24. The van der Waals surface area contributed by atoms with E-state index >= 15 is 0 Å². The molecule has 1 unspecified atom stereocenters. The molecule has 1 aromatic heterocycles. The third-order valence-electron chi connectivity index (χ3n) is 2.77. The van der Waals surface area contributed by atoms with E-state index in [1.165, 1.54) is 0 Å². The van der Waals surface area contributed by atoms with Gasteiger partial charge in [0.2, 0.25) is 5.91 Å². The molecule has 1 amide bonds. The number of anilines is 1. The standard InChI is InChI=1S/C15H21N3OS/c1-9(14(19)18-15(3,4)5)16-11-6-7-12-13(8-11)20-10(2)17-12/h6-9,16H,1-5H3,(H,18,19). The number of hydrogen-bond donors (Lipinski definition) is 2. The Kier molecular flexibility index (Phi) is 3.99. The van der Waals surface area contributed by atoms with Gasteiger partial charge in [0.05, 0.1) is 15.2 Å². The van der Waals surface area contributed by atoms with E-state index in [1.54, 1.807) is 11.3 Å². The van der Waals surface area contributed by atoms with Crippen molar-refractivity contribution in [2.45, 2.75) is 46.2 Å². The Morgan fingerprint density at radius 3 is 2.70 bits per heavy atom. The lowest BCUT2D eigenvalue weighted by Gasteiger charge is -2.24. The van der Waals surface area contributed by atoms with Gasteiger partial charge in [-0.25, -0.2) is 4.98 Å². The molecule has 0 saturated carbocycles. The van der Waals surface area contributed by atoms with Crippen LogP contribution in [-0.4, -0.2) is 22.5 Å². The predicted molar refractivity (Wildman–Crippen MR) is 85.3 cm³/mol. The minimum Gasteiger partial charge on any atom is -0.374 e. The number of nitrogens with one attached hydrogen (secondary N) is 2. The first-order valence-electron chi connectivity index (χ1n) is 6.70. The van der Waals surface area contributed by atoms with Crippen molar-refractivity contribution in [3.63, 3.8) is 0 Å². The molecule has 1 heterocycles. The highest BCUT2D eigenvalue weighted by Crippen LogP contribution is 2.25. The minimum atomic E-state index is -0.277. The van der Waals surface area contributed by atoms with Gasteiger partial charge in [0.15, 0.2) is 0 Å². The molecule has 0 bridgehead atoms. The zero-order valence-corrected chi connectivity index (χ0v) is 13.4. The number of hydrogen-bond acceptors (Lipinski definition) is 4. The van der Waals surface area contributed by atoms with Crippen LogP contribution in [0.3, 0.4) is 0 Å². The van der Waals surface area contributed by atoms with Gasteiger partial charge in [-0.15, -0.1) is 11.3 Å². The summed E-state index contributed by atoms with van der Waals surface area (Å²) < 4.78 is 1.14. The summed E-state index contributed by atoms with van der Waals surface area (Å²) in [4.78, 5) is 16.5. The number of thiazole rings is 1. The van der Waals surface area contributed by atoms with E-state index in [9.17, 15) is 4.79 Å². The molecular weight excluding hydrogens is 270 g/mol. The maximum atomic E-state index is 12.0. The van der Waals surface area contributed by atoms with Crippen molar-refractivity contribution in [2.24, 2.45) is 0 Å². The molecule has 0 aliphatic carbocycles. The molecule has 0 fully saturated rings. The number of aromatic nitrogens is 1. The average molecular weight is 291 g/mol. The Balaban J connectivity index is 2.09. The van der Waals surface area contributed by atoms with E-state index in [0.29, 0.717) is 0 Å². The summed E-state index contributed by atoms with van der Waals surface area (Å²) in [6.45, 7) is 9.79. The van der Waals surface area contributed by atoms with E-state index in [4.69, 9.17) is 0 Å². The fourth-order valence-corrected chi connectivity index (χ4v) is 2.79. The van der Waals surface area contributed by atoms with Crippen molar-refractivity contribution in [3.8, 4) is 0 Å². The van der Waals surface area contributed by atoms with Gasteiger partial charge in [-0.1, -0.05) is 0 Å². The molecule has 0 saturated heterocycles. The summed E-state index contributed by atoms with van der Waals surface area (Å²) >= 11 is 1.66. The Bertz CT molecular complexity index is 628. The Morgan fingerprint density at radius 1 is 1.35 bits per heavy atom. The fraction of sp³-hybridized carbons (Fsp3) is 0.467. The molecule has 4 nitrogen and oxygen atoms in total. The van der Waals surface area contributed by atoms with Gasteiger partial charge in [-0.2, -0.15) is 0 Å². The summed E-state index contributed by atoms with van der Waals surface area (Å²) in [6.07, 6.45) is 0. The van der Waals surface area contributed by atoms with Crippen LogP contribution in [0.2, 0.25) is 0 Å². The lowest BCUT2D eigenvalue weighted by atomic mass is 10.1. The summed E-state index contributed by atoms with van der Waals surface area (Å²) in [5.41, 5.74) is 1.73. The van der Waals surface area contributed by atoms with Gasteiger partial charge in [-0.3, -0.25) is 4.79 Å². The summed E-state index contributed by atoms with van der Waals surface area (Å²) in [5.74, 6) is -0.00178. The van der Waals surface area contributed by atoms with Crippen molar-refractivity contribution >= 4 is 33.1 Å². The van der Waals surface area contributed by atoms with Crippen LogP contribution in [0.4, 0.5) is 5.69 Å². The van der Waals surface area contributed by atoms with Crippen LogP contribution in [0.1, 0.15) is 32.7 Å². The van der Waals surface area contributed by atoms with E-state index in [-0.39, 0.29) is 17.5 Å². The zero-order valence-electron chi connectivity index (χ0n) is 12.6. The van der Waals surface area contributed by atoms with Crippen LogP contribution in [0.5, 0.6) is 0 Å². The van der Waals surface area contributed by atoms with E-state index in [0.717, 1.165) is 20.9 Å². The summed E-state index contributed by atoms with van der Waals surface area (Å²) in [7, 11) is 0. The number of amides is 1. The SMILES string of the molecule is Cc1nc2ccc(NC(C)C(=O)NC(C)(C)C)cc2s1. The lowest BCUT2D eigenvalue weighted by molar-refractivity contribution is -0.122. The van der Waals surface area contributed by atoms with E-state index < -0.39 is 0 Å². The van der Waals surface area contributed by atoms with E-state index in [1.807, 2.05) is 52.8 Å². The van der Waals surface area contributed by atoms with Crippen LogP contribution < -0.4 is 10.6 Å². The number of aryl methyl sites for hydroxylation is 1. The number of benzene rings is 1. The maximum Gasteiger partial charge on any atom is 0.242 e. The van der Waals surface area contributed by atoms with Gasteiger partial charge >= 0.3 is 0 Å². The highest BCUT2D eigenvalue weighted by molar-refractivity contribution is 7.18. The topological polar surface area (TPSA) is 54.0 Å². The number of fused-ring (bicyclic) bond motifs is 1. The first-order valence-corrected chi connectivity index (χ1v) is 7.52. The van der Waals surface area contributed by atoms with Gasteiger partial charge in [0, 0.05) is 11.2 Å². The number of carbonyl (C=O) groups excluding carboxylic acids is 1. The van der Waals surface area contributed by atoms with Crippen LogP contribution in [-0.2, 0) is 4.79 Å². The van der Waals surface area contributed by atoms with Crippen molar-refractivity contribution in [2.75, 3.05) is 5.32 Å². The third kappa shape index (κ3) is 3.70. The van der Waals surface area contributed by atoms with Gasteiger partial charge in [0.1, 0.15) is 6.04 Å². The fourth-order valence-electron chi connectivity index (χ4n) is 1.92. The van der Waals surface area contributed by atoms with Crippen LogP contribution in [0.15, 0.2) is 18.2 Å². The van der Waals surface area contributed by atoms with Crippen molar-refractivity contribution < 1.29 is 4.79 Å². The molecule has 2 rings (SSSR count). The molecule has 0 aliphatic rings. The number of nitrogens with zero attached hydrogens (tertiary/aromatic N) is 1. The molecule has 1 aromatic carbocycles. The normalized spacial score (nSPS) is 13.2. The smallest absolute Gasteiger partial charge is 0.242 e. The molecule has 2 aromatic rings. The second-order valence-corrected chi connectivity index (χ2v) is 7.26. The highest BCUT2D eigenvalue weighted by atomic mass is 32.1. The second-order valence-electron chi connectivity index (χ2n) is 6.02. The predicted octanol–water partition coefficient (Wildman–Crippen LogP) is 3.32. The summed E-state index contributed by atoms with van der Waals surface area (Å²) in [6, 6.07) is 5.71. The van der Waals surface area contributed by atoms with Crippen LogP contribution in [0, 0.1) is 6.92 Å².